The van der Waals surface area contributed by atoms with Gasteiger partial charge in [0.15, 0.2) is 0 Å². The van der Waals surface area contributed by atoms with Crippen LogP contribution in [0.1, 0.15) is 0 Å². The molecule has 0 bridgehead atoms. The molecule has 1 N–H and O–H groups in total. The molecule has 0 saturated heterocycles. The maximum Gasteiger partial charge on any atom is 0.107 e. The van der Waals surface area contributed by atoms with Crippen molar-refractivity contribution in [2.75, 3.05) is 18.5 Å². The minimum absolute atomic E-state index is 0.341. The summed E-state index contributed by atoms with van der Waals surface area (Å²) in [7, 11) is 0. The van der Waals surface area contributed by atoms with E-state index < -0.39 is 0 Å². The standard InChI is InChI=1S/C17H15FN2/c18-11-12-19-15-8-5-14(6-9-15)17-10-7-13-3-1-2-4-16(13)20-17/h1-10,19H,11-12H2. The van der Waals surface area contributed by atoms with Gasteiger partial charge in [0.05, 0.1) is 11.2 Å². The van der Waals surface area contributed by atoms with Crippen LogP contribution in [-0.4, -0.2) is 18.2 Å². The average molecular weight is 266 g/mol. The Morgan fingerprint density at radius 2 is 1.70 bits per heavy atom. The highest BCUT2D eigenvalue weighted by atomic mass is 19.1. The van der Waals surface area contributed by atoms with E-state index in [9.17, 15) is 4.39 Å². The zero-order chi connectivity index (χ0) is 13.8. The number of hydrogen-bond acceptors (Lipinski definition) is 2. The third kappa shape index (κ3) is 2.62. The van der Waals surface area contributed by atoms with E-state index in [1.165, 1.54) is 0 Å². The Kier molecular flexibility index (Phi) is 3.59. The number of hydrogen-bond donors (Lipinski definition) is 1. The van der Waals surface area contributed by atoms with Crippen molar-refractivity contribution >= 4 is 16.6 Å². The summed E-state index contributed by atoms with van der Waals surface area (Å²) in [5.74, 6) is 0. The van der Waals surface area contributed by atoms with Crippen LogP contribution in [0.15, 0.2) is 60.7 Å². The van der Waals surface area contributed by atoms with E-state index >= 15 is 0 Å². The van der Waals surface area contributed by atoms with E-state index in [1.54, 1.807) is 0 Å². The van der Waals surface area contributed by atoms with Crippen LogP contribution in [0.5, 0.6) is 0 Å². The number of nitrogens with one attached hydrogen (secondary N) is 1. The Balaban J connectivity index is 1.90. The molecule has 0 unspecified atom stereocenters. The molecule has 0 spiro atoms. The fraction of sp³-hybridized carbons (Fsp3) is 0.118. The van der Waals surface area contributed by atoms with Gasteiger partial charge in [-0.15, -0.1) is 0 Å². The molecular weight excluding hydrogens is 251 g/mol. The third-order valence-corrected chi connectivity index (χ3v) is 3.20. The zero-order valence-corrected chi connectivity index (χ0v) is 11.0. The SMILES string of the molecule is FCCNc1ccc(-c2ccc3ccccc3n2)cc1. The summed E-state index contributed by atoms with van der Waals surface area (Å²) in [6.07, 6.45) is 0. The summed E-state index contributed by atoms with van der Waals surface area (Å²) in [6.45, 7) is -0.0262. The Morgan fingerprint density at radius 1 is 0.900 bits per heavy atom. The van der Waals surface area contributed by atoms with Crippen LogP contribution in [0.2, 0.25) is 0 Å². The van der Waals surface area contributed by atoms with Gasteiger partial charge >= 0.3 is 0 Å². The molecule has 2 aromatic carbocycles. The minimum atomic E-state index is -0.367. The van der Waals surface area contributed by atoms with Crippen LogP contribution in [0.25, 0.3) is 22.2 Å². The molecule has 0 atom stereocenters. The molecule has 0 aliphatic heterocycles. The number of anilines is 1. The molecule has 0 aliphatic carbocycles. The fourth-order valence-electron chi connectivity index (χ4n) is 2.18. The molecule has 20 heavy (non-hydrogen) atoms. The summed E-state index contributed by atoms with van der Waals surface area (Å²) in [5, 5.41) is 4.14. The number of fused-ring (bicyclic) bond motifs is 1. The molecule has 100 valence electrons. The van der Waals surface area contributed by atoms with E-state index in [4.69, 9.17) is 0 Å². The van der Waals surface area contributed by atoms with Gasteiger partial charge < -0.3 is 5.32 Å². The van der Waals surface area contributed by atoms with Gasteiger partial charge in [-0.1, -0.05) is 36.4 Å². The number of halogens is 1. The summed E-state index contributed by atoms with van der Waals surface area (Å²) >= 11 is 0. The van der Waals surface area contributed by atoms with E-state index in [-0.39, 0.29) is 6.67 Å². The summed E-state index contributed by atoms with van der Waals surface area (Å²) in [4.78, 5) is 4.66. The van der Waals surface area contributed by atoms with Gasteiger partial charge in [-0.05, 0) is 24.3 Å². The maximum absolute atomic E-state index is 12.1. The fourth-order valence-corrected chi connectivity index (χ4v) is 2.18. The van der Waals surface area contributed by atoms with Gasteiger partial charge in [-0.2, -0.15) is 0 Å². The van der Waals surface area contributed by atoms with Gasteiger partial charge in [0.2, 0.25) is 0 Å². The molecule has 0 saturated carbocycles. The van der Waals surface area contributed by atoms with Crippen LogP contribution in [0.3, 0.4) is 0 Å². The Hall–Kier alpha value is -2.42. The largest absolute Gasteiger partial charge is 0.382 e. The lowest BCUT2D eigenvalue weighted by Crippen LogP contribution is -2.02. The quantitative estimate of drug-likeness (QED) is 0.762. The monoisotopic (exact) mass is 266 g/mol. The van der Waals surface area contributed by atoms with Crippen molar-refractivity contribution < 1.29 is 4.39 Å². The highest BCUT2D eigenvalue weighted by Gasteiger charge is 2.01. The molecule has 1 heterocycles. The van der Waals surface area contributed by atoms with Gasteiger partial charge in [-0.25, -0.2) is 9.37 Å². The van der Waals surface area contributed by atoms with Crippen molar-refractivity contribution in [3.05, 3.63) is 60.7 Å². The van der Waals surface area contributed by atoms with Crippen LogP contribution in [-0.2, 0) is 0 Å². The number of aromatic nitrogens is 1. The lowest BCUT2D eigenvalue weighted by Gasteiger charge is -2.06. The first-order chi connectivity index (χ1) is 9.86. The normalized spacial score (nSPS) is 10.7. The van der Waals surface area contributed by atoms with E-state index in [1.807, 2.05) is 48.5 Å². The van der Waals surface area contributed by atoms with Crippen molar-refractivity contribution in [3.8, 4) is 11.3 Å². The zero-order valence-electron chi connectivity index (χ0n) is 11.0. The molecule has 2 nitrogen and oxygen atoms in total. The van der Waals surface area contributed by atoms with Crippen LogP contribution < -0.4 is 5.32 Å². The molecule has 0 amide bonds. The average Bonchev–Trinajstić information content (AvgIpc) is 2.53. The Bertz CT molecular complexity index is 708. The molecular formula is C17H15FN2. The highest BCUT2D eigenvalue weighted by Crippen LogP contribution is 2.22. The van der Waals surface area contributed by atoms with Crippen molar-refractivity contribution in [1.82, 2.24) is 4.98 Å². The number of nitrogens with zero attached hydrogens (tertiary/aromatic N) is 1. The van der Waals surface area contributed by atoms with Crippen molar-refractivity contribution in [2.24, 2.45) is 0 Å². The van der Waals surface area contributed by atoms with Gasteiger partial charge in [0.25, 0.3) is 0 Å². The maximum atomic E-state index is 12.1. The second-order valence-electron chi connectivity index (χ2n) is 4.58. The van der Waals surface area contributed by atoms with Crippen molar-refractivity contribution in [1.29, 1.82) is 0 Å². The van der Waals surface area contributed by atoms with Crippen molar-refractivity contribution in [3.63, 3.8) is 0 Å². The topological polar surface area (TPSA) is 24.9 Å². The lowest BCUT2D eigenvalue weighted by atomic mass is 10.1. The minimum Gasteiger partial charge on any atom is -0.382 e. The van der Waals surface area contributed by atoms with Crippen LogP contribution in [0.4, 0.5) is 10.1 Å². The molecule has 3 rings (SSSR count). The third-order valence-electron chi connectivity index (χ3n) is 3.20. The van der Waals surface area contributed by atoms with Gasteiger partial charge in [0.1, 0.15) is 6.67 Å². The van der Waals surface area contributed by atoms with E-state index in [2.05, 4.69) is 22.4 Å². The van der Waals surface area contributed by atoms with E-state index in [0.717, 1.165) is 27.8 Å². The molecule has 3 heteroatoms. The smallest absolute Gasteiger partial charge is 0.107 e. The molecule has 0 radical (unpaired) electrons. The predicted octanol–water partition coefficient (Wildman–Crippen LogP) is 4.28. The summed E-state index contributed by atoms with van der Waals surface area (Å²) in [5.41, 5.74) is 3.92. The van der Waals surface area contributed by atoms with Crippen molar-refractivity contribution in [2.45, 2.75) is 0 Å². The summed E-state index contributed by atoms with van der Waals surface area (Å²) < 4.78 is 12.1. The first-order valence-electron chi connectivity index (χ1n) is 6.63. The first-order valence-corrected chi connectivity index (χ1v) is 6.63. The molecule has 0 aliphatic rings. The number of para-hydroxylation sites is 1. The number of rotatable bonds is 4. The first kappa shape index (κ1) is 12.6. The second-order valence-corrected chi connectivity index (χ2v) is 4.58. The highest BCUT2D eigenvalue weighted by molar-refractivity contribution is 5.81. The predicted molar refractivity (Wildman–Crippen MR) is 81.6 cm³/mol. The number of benzene rings is 2. The van der Waals surface area contributed by atoms with Crippen LogP contribution >= 0.6 is 0 Å². The van der Waals surface area contributed by atoms with Gasteiger partial charge in [0, 0.05) is 23.2 Å². The van der Waals surface area contributed by atoms with Gasteiger partial charge in [-0.3, -0.25) is 0 Å². The summed E-state index contributed by atoms with van der Waals surface area (Å²) in [6, 6.07) is 20.0. The molecule has 3 aromatic rings. The lowest BCUT2D eigenvalue weighted by molar-refractivity contribution is 0.513. The number of pyridine rings is 1. The molecule has 1 aromatic heterocycles. The molecule has 0 fully saturated rings. The van der Waals surface area contributed by atoms with E-state index in [0.29, 0.717) is 6.54 Å². The van der Waals surface area contributed by atoms with Crippen LogP contribution in [0, 0.1) is 0 Å². The number of alkyl halides is 1. The Labute approximate surface area is 117 Å². The Morgan fingerprint density at radius 3 is 2.50 bits per heavy atom. The second kappa shape index (κ2) is 5.70.